The Hall–Kier alpha value is -1.40. The molecule has 1 aliphatic heterocycles. The molecule has 1 saturated heterocycles. The highest BCUT2D eigenvalue weighted by Crippen LogP contribution is 2.37. The van der Waals surface area contributed by atoms with Crippen LogP contribution in [0.1, 0.15) is 24.0 Å². The lowest BCUT2D eigenvalue weighted by atomic mass is 9.75. The van der Waals surface area contributed by atoms with Crippen molar-refractivity contribution >= 4 is 21.6 Å². The smallest absolute Gasteiger partial charge is 0.218 e. The first-order valence-electron chi connectivity index (χ1n) is 8.80. The third kappa shape index (κ3) is 4.46. The molecule has 0 aliphatic carbocycles. The van der Waals surface area contributed by atoms with Crippen molar-refractivity contribution in [2.75, 3.05) is 19.7 Å². The Morgan fingerprint density at radius 3 is 2.23 bits per heavy atom. The van der Waals surface area contributed by atoms with E-state index in [2.05, 4.69) is 0 Å². The number of benzene rings is 2. The van der Waals surface area contributed by atoms with Gasteiger partial charge in [0, 0.05) is 30.1 Å². The van der Waals surface area contributed by atoms with E-state index in [1.165, 1.54) is 0 Å². The fourth-order valence-electron chi connectivity index (χ4n) is 3.55. The van der Waals surface area contributed by atoms with Crippen molar-refractivity contribution in [1.29, 1.82) is 0 Å². The van der Waals surface area contributed by atoms with Gasteiger partial charge in [0.15, 0.2) is 0 Å². The number of piperidine rings is 1. The van der Waals surface area contributed by atoms with E-state index in [1.807, 2.05) is 54.6 Å². The summed E-state index contributed by atoms with van der Waals surface area (Å²) < 4.78 is 27.0. The summed E-state index contributed by atoms with van der Waals surface area (Å²) in [7, 11) is -3.35. The van der Waals surface area contributed by atoms with Gasteiger partial charge in [0.1, 0.15) is 0 Å². The van der Waals surface area contributed by atoms with Crippen LogP contribution >= 0.6 is 11.6 Å². The van der Waals surface area contributed by atoms with Gasteiger partial charge in [-0.1, -0.05) is 60.1 Å². The fraction of sp³-hybridized carbons (Fsp3) is 0.400. The Morgan fingerprint density at radius 1 is 1.00 bits per heavy atom. The number of sulfonamides is 1. The summed E-state index contributed by atoms with van der Waals surface area (Å²) in [6.45, 7) is 0.894. The Balaban J connectivity index is 1.68. The van der Waals surface area contributed by atoms with Crippen LogP contribution < -0.4 is 0 Å². The van der Waals surface area contributed by atoms with E-state index in [9.17, 15) is 13.5 Å². The van der Waals surface area contributed by atoms with E-state index in [4.69, 9.17) is 11.6 Å². The van der Waals surface area contributed by atoms with E-state index < -0.39 is 10.0 Å². The van der Waals surface area contributed by atoms with Crippen LogP contribution in [0.25, 0.3) is 0 Å². The first kappa shape index (κ1) is 19.4. The molecule has 0 aromatic heterocycles. The standard InChI is InChI=1S/C20H24ClNO3S/c21-19-9-5-4-8-18(19)14-20(16-23)10-12-22(13-11-20)26(24,25)15-17-6-2-1-3-7-17/h1-9,23H,10-16H2. The predicted molar refractivity (Wildman–Crippen MR) is 105 cm³/mol. The molecule has 4 nitrogen and oxygen atoms in total. The van der Waals surface area contributed by atoms with Gasteiger partial charge >= 0.3 is 0 Å². The lowest BCUT2D eigenvalue weighted by Crippen LogP contribution is -2.45. The van der Waals surface area contributed by atoms with Gasteiger partial charge in [-0.15, -0.1) is 0 Å². The topological polar surface area (TPSA) is 57.6 Å². The lowest BCUT2D eigenvalue weighted by molar-refractivity contribution is 0.0684. The molecule has 0 unspecified atom stereocenters. The second-order valence-corrected chi connectivity index (χ2v) is 9.44. The van der Waals surface area contributed by atoms with E-state index in [0.29, 0.717) is 37.4 Å². The molecule has 3 rings (SSSR count). The minimum Gasteiger partial charge on any atom is -0.396 e. The second-order valence-electron chi connectivity index (χ2n) is 7.07. The Labute approximate surface area is 160 Å². The van der Waals surface area contributed by atoms with E-state index >= 15 is 0 Å². The highest BCUT2D eigenvalue weighted by atomic mass is 35.5. The van der Waals surface area contributed by atoms with Crippen molar-refractivity contribution in [3.05, 3.63) is 70.7 Å². The summed E-state index contributed by atoms with van der Waals surface area (Å²) in [4.78, 5) is 0. The normalized spacial score (nSPS) is 17.9. The highest BCUT2D eigenvalue weighted by molar-refractivity contribution is 7.88. The Morgan fingerprint density at radius 2 is 1.62 bits per heavy atom. The zero-order chi connectivity index (χ0) is 18.6. The number of aliphatic hydroxyl groups is 1. The predicted octanol–water partition coefficient (Wildman–Crippen LogP) is 3.49. The van der Waals surface area contributed by atoms with Crippen molar-refractivity contribution in [1.82, 2.24) is 4.31 Å². The molecule has 6 heteroatoms. The van der Waals surface area contributed by atoms with Crippen LogP contribution in [0.4, 0.5) is 0 Å². The summed E-state index contributed by atoms with van der Waals surface area (Å²) >= 11 is 6.27. The van der Waals surface area contributed by atoms with Gasteiger partial charge in [-0.3, -0.25) is 0 Å². The minimum absolute atomic E-state index is 0.0183. The maximum absolute atomic E-state index is 12.7. The summed E-state index contributed by atoms with van der Waals surface area (Å²) in [5.74, 6) is 0.0183. The van der Waals surface area contributed by atoms with Crippen LogP contribution in [0.2, 0.25) is 5.02 Å². The molecule has 1 N–H and O–H groups in total. The van der Waals surface area contributed by atoms with Gasteiger partial charge in [0.2, 0.25) is 10.0 Å². The molecule has 0 bridgehead atoms. The molecular formula is C20H24ClNO3S. The summed E-state index contributed by atoms with van der Waals surface area (Å²) in [6.07, 6.45) is 1.92. The first-order valence-corrected chi connectivity index (χ1v) is 10.8. The fourth-order valence-corrected chi connectivity index (χ4v) is 5.29. The van der Waals surface area contributed by atoms with Gasteiger partial charge in [0.05, 0.1) is 5.75 Å². The summed E-state index contributed by atoms with van der Waals surface area (Å²) in [6, 6.07) is 16.9. The summed E-state index contributed by atoms with van der Waals surface area (Å²) in [5, 5.41) is 10.7. The molecule has 1 heterocycles. The van der Waals surface area contributed by atoms with Crippen molar-refractivity contribution in [3.8, 4) is 0 Å². The second kappa shape index (κ2) is 8.09. The van der Waals surface area contributed by atoms with Gasteiger partial charge in [-0.05, 0) is 36.5 Å². The van der Waals surface area contributed by atoms with Crippen LogP contribution in [0.3, 0.4) is 0 Å². The lowest BCUT2D eigenvalue weighted by Gasteiger charge is -2.40. The van der Waals surface area contributed by atoms with Crippen LogP contribution in [0, 0.1) is 5.41 Å². The molecule has 2 aromatic rings. The number of rotatable bonds is 6. The van der Waals surface area contributed by atoms with Crippen LogP contribution in [0.15, 0.2) is 54.6 Å². The zero-order valence-electron chi connectivity index (χ0n) is 14.6. The Bertz CT molecular complexity index is 831. The van der Waals surface area contributed by atoms with Gasteiger partial charge in [-0.25, -0.2) is 12.7 Å². The van der Waals surface area contributed by atoms with Gasteiger partial charge in [0.25, 0.3) is 0 Å². The molecule has 0 radical (unpaired) electrons. The van der Waals surface area contributed by atoms with Crippen LogP contribution in [0.5, 0.6) is 0 Å². The Kier molecular flexibility index (Phi) is 6.03. The van der Waals surface area contributed by atoms with Gasteiger partial charge in [-0.2, -0.15) is 0 Å². The maximum atomic E-state index is 12.7. The van der Waals surface area contributed by atoms with E-state index in [-0.39, 0.29) is 17.8 Å². The molecule has 0 saturated carbocycles. The number of aliphatic hydroxyl groups excluding tert-OH is 1. The molecule has 140 valence electrons. The number of halogens is 1. The maximum Gasteiger partial charge on any atom is 0.218 e. The SMILES string of the molecule is O=S(=O)(Cc1ccccc1)N1CCC(CO)(Cc2ccccc2Cl)CC1. The third-order valence-electron chi connectivity index (χ3n) is 5.23. The molecule has 2 aromatic carbocycles. The van der Waals surface area contributed by atoms with Crippen LogP contribution in [-0.2, 0) is 22.2 Å². The molecular weight excluding hydrogens is 370 g/mol. The molecule has 1 fully saturated rings. The van der Waals surface area contributed by atoms with Crippen LogP contribution in [-0.4, -0.2) is 37.5 Å². The average molecular weight is 394 g/mol. The number of hydrogen-bond acceptors (Lipinski definition) is 3. The number of hydrogen-bond donors (Lipinski definition) is 1. The van der Waals surface area contributed by atoms with E-state index in [1.54, 1.807) is 4.31 Å². The van der Waals surface area contributed by atoms with Crippen molar-refractivity contribution in [3.63, 3.8) is 0 Å². The molecule has 0 atom stereocenters. The van der Waals surface area contributed by atoms with Crippen molar-refractivity contribution in [2.45, 2.75) is 25.0 Å². The third-order valence-corrected chi connectivity index (χ3v) is 7.45. The van der Waals surface area contributed by atoms with Crippen molar-refractivity contribution in [2.24, 2.45) is 5.41 Å². The van der Waals surface area contributed by atoms with Gasteiger partial charge < -0.3 is 5.11 Å². The van der Waals surface area contributed by atoms with E-state index in [0.717, 1.165) is 11.1 Å². The molecule has 1 aliphatic rings. The molecule has 26 heavy (non-hydrogen) atoms. The highest BCUT2D eigenvalue weighted by Gasteiger charge is 2.38. The summed E-state index contributed by atoms with van der Waals surface area (Å²) in [5.41, 5.74) is 1.48. The minimum atomic E-state index is -3.35. The quantitative estimate of drug-likeness (QED) is 0.817. The number of nitrogens with zero attached hydrogens (tertiary/aromatic N) is 1. The zero-order valence-corrected chi connectivity index (χ0v) is 16.2. The van der Waals surface area contributed by atoms with Crippen molar-refractivity contribution < 1.29 is 13.5 Å². The molecule has 0 spiro atoms. The average Bonchev–Trinajstić information content (AvgIpc) is 2.64. The first-order chi connectivity index (χ1) is 12.4. The largest absolute Gasteiger partial charge is 0.396 e. The molecule has 0 amide bonds. The monoisotopic (exact) mass is 393 g/mol.